The number of unbranched alkanes of at least 4 members (excludes halogenated alkanes) is 1. The van der Waals surface area contributed by atoms with Gasteiger partial charge < -0.3 is 15.0 Å². The Kier molecular flexibility index (Phi) is 7.22. The molecule has 2 amide bonds. The SMILES string of the molecule is CCCCOC(=O)c1ccc(NC(=O)[C@@H]2CC(=O)N(c3ccccc3CC)C2)cc1. The summed E-state index contributed by atoms with van der Waals surface area (Å²) < 4.78 is 5.19. The fraction of sp³-hybridized carbons (Fsp3) is 0.375. The minimum Gasteiger partial charge on any atom is -0.462 e. The summed E-state index contributed by atoms with van der Waals surface area (Å²) in [7, 11) is 0. The first-order valence-electron chi connectivity index (χ1n) is 10.5. The average molecular weight is 408 g/mol. The Hall–Kier alpha value is -3.15. The van der Waals surface area contributed by atoms with Gasteiger partial charge in [0.05, 0.1) is 18.1 Å². The van der Waals surface area contributed by atoms with Crippen LogP contribution in [0.25, 0.3) is 0 Å². The lowest BCUT2D eigenvalue weighted by Gasteiger charge is -2.20. The fourth-order valence-corrected chi connectivity index (χ4v) is 3.52. The number of benzene rings is 2. The maximum atomic E-state index is 12.7. The molecule has 2 aromatic carbocycles. The summed E-state index contributed by atoms with van der Waals surface area (Å²) in [5.74, 6) is -1.02. The van der Waals surface area contributed by atoms with E-state index in [2.05, 4.69) is 5.32 Å². The summed E-state index contributed by atoms with van der Waals surface area (Å²) in [5, 5.41) is 2.85. The second-order valence-electron chi connectivity index (χ2n) is 7.44. The van der Waals surface area contributed by atoms with Gasteiger partial charge >= 0.3 is 5.97 Å². The zero-order valence-corrected chi connectivity index (χ0v) is 17.5. The molecule has 0 spiro atoms. The molecule has 30 heavy (non-hydrogen) atoms. The van der Waals surface area contributed by atoms with Crippen LogP contribution in [-0.4, -0.2) is 30.9 Å². The third-order valence-electron chi connectivity index (χ3n) is 5.28. The lowest BCUT2D eigenvalue weighted by molar-refractivity contribution is -0.122. The second kappa shape index (κ2) is 10.1. The highest BCUT2D eigenvalue weighted by molar-refractivity contribution is 6.04. The molecule has 0 unspecified atom stereocenters. The molecule has 3 rings (SSSR count). The van der Waals surface area contributed by atoms with E-state index in [0.29, 0.717) is 24.4 Å². The van der Waals surface area contributed by atoms with Gasteiger partial charge in [-0.3, -0.25) is 9.59 Å². The van der Waals surface area contributed by atoms with Crippen molar-refractivity contribution in [3.05, 3.63) is 59.7 Å². The van der Waals surface area contributed by atoms with Gasteiger partial charge in [-0.15, -0.1) is 0 Å². The molecule has 1 aliphatic heterocycles. The molecule has 0 radical (unpaired) electrons. The number of rotatable bonds is 8. The molecule has 0 saturated carbocycles. The highest BCUT2D eigenvalue weighted by Crippen LogP contribution is 2.29. The zero-order chi connectivity index (χ0) is 21.5. The minimum absolute atomic E-state index is 0.0405. The summed E-state index contributed by atoms with van der Waals surface area (Å²) in [5.41, 5.74) is 3.01. The van der Waals surface area contributed by atoms with Crippen LogP contribution in [0, 0.1) is 5.92 Å². The van der Waals surface area contributed by atoms with Crippen LogP contribution in [0.2, 0.25) is 0 Å². The monoisotopic (exact) mass is 408 g/mol. The number of carbonyl (C=O) groups is 3. The first-order valence-corrected chi connectivity index (χ1v) is 10.5. The summed E-state index contributed by atoms with van der Waals surface area (Å²) in [6.07, 6.45) is 2.80. The van der Waals surface area contributed by atoms with E-state index in [1.165, 1.54) is 0 Å². The number of carbonyl (C=O) groups excluding carboxylic acids is 3. The second-order valence-corrected chi connectivity index (χ2v) is 7.44. The number of para-hydroxylation sites is 1. The predicted octanol–water partition coefficient (Wildman–Crippen LogP) is 4.20. The van der Waals surface area contributed by atoms with E-state index in [-0.39, 0.29) is 24.2 Å². The van der Waals surface area contributed by atoms with Gasteiger partial charge in [0.1, 0.15) is 0 Å². The van der Waals surface area contributed by atoms with Gasteiger partial charge in [0.25, 0.3) is 0 Å². The molecule has 6 nitrogen and oxygen atoms in total. The highest BCUT2D eigenvalue weighted by Gasteiger charge is 2.35. The van der Waals surface area contributed by atoms with E-state index in [1.54, 1.807) is 29.2 Å². The summed E-state index contributed by atoms with van der Waals surface area (Å²) in [6.45, 7) is 4.85. The normalized spacial score (nSPS) is 15.9. The number of nitrogens with one attached hydrogen (secondary N) is 1. The van der Waals surface area contributed by atoms with Gasteiger partial charge in [-0.05, 0) is 48.7 Å². The quantitative estimate of drug-likeness (QED) is 0.525. The molecular formula is C24H28N2O4. The summed E-state index contributed by atoms with van der Waals surface area (Å²) >= 11 is 0. The number of amides is 2. The van der Waals surface area contributed by atoms with Crippen molar-refractivity contribution in [2.45, 2.75) is 39.5 Å². The molecule has 1 atom stereocenters. The van der Waals surface area contributed by atoms with Gasteiger partial charge in [-0.1, -0.05) is 38.5 Å². The Bertz CT molecular complexity index is 908. The van der Waals surface area contributed by atoms with Crippen LogP contribution in [0.4, 0.5) is 11.4 Å². The molecule has 158 valence electrons. The maximum Gasteiger partial charge on any atom is 0.338 e. The molecule has 1 saturated heterocycles. The van der Waals surface area contributed by atoms with Crippen molar-refractivity contribution in [1.29, 1.82) is 0 Å². The van der Waals surface area contributed by atoms with Crippen molar-refractivity contribution in [3.63, 3.8) is 0 Å². The number of ether oxygens (including phenoxy) is 1. The van der Waals surface area contributed by atoms with Crippen LogP contribution in [-0.2, 0) is 20.7 Å². The Labute approximate surface area is 177 Å². The van der Waals surface area contributed by atoms with Gasteiger partial charge in [0, 0.05) is 24.3 Å². The van der Waals surface area contributed by atoms with Crippen molar-refractivity contribution < 1.29 is 19.1 Å². The Morgan fingerprint density at radius 1 is 1.10 bits per heavy atom. The van der Waals surface area contributed by atoms with Gasteiger partial charge in [-0.25, -0.2) is 4.79 Å². The third kappa shape index (κ3) is 5.06. The fourth-order valence-electron chi connectivity index (χ4n) is 3.52. The van der Waals surface area contributed by atoms with Crippen LogP contribution in [0.5, 0.6) is 0 Å². The summed E-state index contributed by atoms with van der Waals surface area (Å²) in [4.78, 5) is 38.9. The van der Waals surface area contributed by atoms with Crippen molar-refractivity contribution in [2.75, 3.05) is 23.4 Å². The highest BCUT2D eigenvalue weighted by atomic mass is 16.5. The van der Waals surface area contributed by atoms with Gasteiger partial charge in [0.2, 0.25) is 11.8 Å². The maximum absolute atomic E-state index is 12.7. The van der Waals surface area contributed by atoms with Crippen LogP contribution in [0.15, 0.2) is 48.5 Å². The van der Waals surface area contributed by atoms with E-state index < -0.39 is 5.92 Å². The molecule has 0 bridgehead atoms. The largest absolute Gasteiger partial charge is 0.462 e. The first kappa shape index (κ1) is 21.6. The zero-order valence-electron chi connectivity index (χ0n) is 17.5. The summed E-state index contributed by atoms with van der Waals surface area (Å²) in [6, 6.07) is 14.4. The smallest absolute Gasteiger partial charge is 0.338 e. The number of anilines is 2. The van der Waals surface area contributed by atoms with Crippen LogP contribution >= 0.6 is 0 Å². The topological polar surface area (TPSA) is 75.7 Å². The number of aryl methyl sites for hydroxylation is 1. The Morgan fingerprint density at radius 2 is 1.83 bits per heavy atom. The number of esters is 1. The van der Waals surface area contributed by atoms with Gasteiger partial charge in [0.15, 0.2) is 0 Å². The number of nitrogens with zero attached hydrogens (tertiary/aromatic N) is 1. The van der Waals surface area contributed by atoms with Gasteiger partial charge in [-0.2, -0.15) is 0 Å². The molecule has 0 aliphatic carbocycles. The molecule has 1 N–H and O–H groups in total. The third-order valence-corrected chi connectivity index (χ3v) is 5.28. The lowest BCUT2D eigenvalue weighted by Crippen LogP contribution is -2.28. The van der Waals surface area contributed by atoms with Crippen LogP contribution in [0.1, 0.15) is 49.0 Å². The Balaban J connectivity index is 1.60. The van der Waals surface area contributed by atoms with E-state index in [1.807, 2.05) is 38.1 Å². The number of hydrogen-bond donors (Lipinski definition) is 1. The van der Waals surface area contributed by atoms with E-state index in [0.717, 1.165) is 30.5 Å². The van der Waals surface area contributed by atoms with Crippen LogP contribution < -0.4 is 10.2 Å². The van der Waals surface area contributed by atoms with Crippen molar-refractivity contribution in [1.82, 2.24) is 0 Å². The molecule has 1 heterocycles. The Morgan fingerprint density at radius 3 is 2.53 bits per heavy atom. The molecular weight excluding hydrogens is 380 g/mol. The number of hydrogen-bond acceptors (Lipinski definition) is 4. The first-order chi connectivity index (χ1) is 14.5. The minimum atomic E-state index is -0.416. The predicted molar refractivity (Wildman–Crippen MR) is 117 cm³/mol. The molecule has 2 aromatic rings. The molecule has 0 aromatic heterocycles. The van der Waals surface area contributed by atoms with Crippen molar-refractivity contribution >= 4 is 29.2 Å². The van der Waals surface area contributed by atoms with Crippen molar-refractivity contribution in [2.24, 2.45) is 5.92 Å². The standard InChI is InChI=1S/C24H28N2O4/c1-3-5-14-30-24(29)18-10-12-20(13-11-18)25-23(28)19-15-22(27)26(16-19)21-9-7-6-8-17(21)4-2/h6-13,19H,3-5,14-16H2,1-2H3,(H,25,28)/t19-/m1/s1. The van der Waals surface area contributed by atoms with E-state index in [9.17, 15) is 14.4 Å². The van der Waals surface area contributed by atoms with E-state index in [4.69, 9.17) is 4.74 Å². The lowest BCUT2D eigenvalue weighted by atomic mass is 10.1. The van der Waals surface area contributed by atoms with Crippen molar-refractivity contribution in [3.8, 4) is 0 Å². The molecule has 1 fully saturated rings. The van der Waals surface area contributed by atoms with Crippen LogP contribution in [0.3, 0.4) is 0 Å². The van der Waals surface area contributed by atoms with E-state index >= 15 is 0 Å². The molecule has 6 heteroatoms. The average Bonchev–Trinajstić information content (AvgIpc) is 3.16. The molecule has 1 aliphatic rings.